The second-order valence-corrected chi connectivity index (χ2v) is 3.33. The van der Waals surface area contributed by atoms with Crippen LogP contribution in [0.2, 0.25) is 5.02 Å². The second kappa shape index (κ2) is 5.41. The molecular weight excluding hydrogens is 221 g/mol. The maximum atomic E-state index is 13.1. The number of nitrogens with one attached hydrogen (secondary N) is 1. The molecule has 4 nitrogen and oxygen atoms in total. The molecule has 0 fully saturated rings. The summed E-state index contributed by atoms with van der Waals surface area (Å²) in [6.45, 7) is 0.368. The zero-order chi connectivity index (χ0) is 11.3. The van der Waals surface area contributed by atoms with E-state index in [2.05, 4.69) is 10.5 Å². The molecule has 6 heteroatoms. The van der Waals surface area contributed by atoms with Crippen LogP contribution < -0.4 is 11.1 Å². The lowest BCUT2D eigenvalue weighted by molar-refractivity contribution is 0.317. The smallest absolute Gasteiger partial charge is 0.146 e. The third-order valence-corrected chi connectivity index (χ3v) is 1.99. The lowest BCUT2D eigenvalue weighted by Crippen LogP contribution is -2.16. The Morgan fingerprint density at radius 3 is 3.00 bits per heavy atom. The molecule has 1 aromatic rings. The number of nitrogens with zero attached hydrogens (tertiary/aromatic N) is 1. The first kappa shape index (κ1) is 11.6. The average molecular weight is 232 g/mol. The van der Waals surface area contributed by atoms with Gasteiger partial charge in [0.2, 0.25) is 0 Å². The van der Waals surface area contributed by atoms with Crippen LogP contribution in [0.4, 0.5) is 10.1 Å². The van der Waals surface area contributed by atoms with Crippen molar-refractivity contribution in [1.29, 1.82) is 0 Å². The molecule has 1 aromatic carbocycles. The highest BCUT2D eigenvalue weighted by atomic mass is 35.5. The van der Waals surface area contributed by atoms with Crippen molar-refractivity contribution in [1.82, 2.24) is 0 Å². The van der Waals surface area contributed by atoms with Gasteiger partial charge in [0.05, 0.1) is 5.69 Å². The topological polar surface area (TPSA) is 70.6 Å². The van der Waals surface area contributed by atoms with Crippen molar-refractivity contribution < 1.29 is 9.60 Å². The minimum absolute atomic E-state index is 0.0879. The summed E-state index contributed by atoms with van der Waals surface area (Å²) in [6, 6.07) is 4.21. The maximum Gasteiger partial charge on any atom is 0.146 e. The highest BCUT2D eigenvalue weighted by Gasteiger charge is 2.02. The molecule has 0 spiro atoms. The van der Waals surface area contributed by atoms with Crippen molar-refractivity contribution >= 4 is 23.1 Å². The number of rotatable bonds is 4. The third-order valence-electron chi connectivity index (χ3n) is 1.75. The summed E-state index contributed by atoms with van der Waals surface area (Å²) in [5.74, 6) is -0.302. The SMILES string of the molecule is NC(CCNc1cc(Cl)ccc1F)=NO. The summed E-state index contributed by atoms with van der Waals surface area (Å²) < 4.78 is 13.1. The van der Waals surface area contributed by atoms with E-state index >= 15 is 0 Å². The zero-order valence-electron chi connectivity index (χ0n) is 7.87. The molecule has 0 saturated carbocycles. The van der Waals surface area contributed by atoms with Crippen LogP contribution in [0.15, 0.2) is 23.4 Å². The molecule has 1 rings (SSSR count). The number of hydrogen-bond donors (Lipinski definition) is 3. The van der Waals surface area contributed by atoms with Crippen LogP contribution in [0.1, 0.15) is 6.42 Å². The van der Waals surface area contributed by atoms with Gasteiger partial charge < -0.3 is 16.3 Å². The van der Waals surface area contributed by atoms with Crippen molar-refractivity contribution in [3.8, 4) is 0 Å². The van der Waals surface area contributed by atoms with Crippen LogP contribution in [0.5, 0.6) is 0 Å². The molecule has 0 atom stereocenters. The minimum Gasteiger partial charge on any atom is -0.409 e. The molecular formula is C9H11ClFN3O. The number of benzene rings is 1. The van der Waals surface area contributed by atoms with E-state index in [4.69, 9.17) is 22.5 Å². The van der Waals surface area contributed by atoms with Crippen LogP contribution in [-0.4, -0.2) is 17.6 Å². The minimum atomic E-state index is -0.390. The van der Waals surface area contributed by atoms with Gasteiger partial charge in [-0.05, 0) is 18.2 Å². The summed E-state index contributed by atoms with van der Waals surface area (Å²) in [5, 5.41) is 14.3. The highest BCUT2D eigenvalue weighted by Crippen LogP contribution is 2.19. The van der Waals surface area contributed by atoms with E-state index in [1.165, 1.54) is 18.2 Å². The fourth-order valence-electron chi connectivity index (χ4n) is 1.01. The van der Waals surface area contributed by atoms with E-state index in [1.807, 2.05) is 0 Å². The number of oxime groups is 1. The molecule has 0 aliphatic rings. The Morgan fingerprint density at radius 1 is 1.60 bits per heavy atom. The number of anilines is 1. The molecule has 0 saturated heterocycles. The van der Waals surface area contributed by atoms with E-state index in [1.54, 1.807) is 0 Å². The molecule has 0 unspecified atom stereocenters. The lowest BCUT2D eigenvalue weighted by atomic mass is 10.3. The number of nitrogens with two attached hydrogens (primary N) is 1. The van der Waals surface area contributed by atoms with E-state index in [9.17, 15) is 4.39 Å². The van der Waals surface area contributed by atoms with Gasteiger partial charge in [-0.3, -0.25) is 0 Å². The summed E-state index contributed by atoms with van der Waals surface area (Å²) in [7, 11) is 0. The maximum absolute atomic E-state index is 13.1. The highest BCUT2D eigenvalue weighted by molar-refractivity contribution is 6.30. The van der Waals surface area contributed by atoms with Gasteiger partial charge in [-0.2, -0.15) is 0 Å². The van der Waals surface area contributed by atoms with E-state index in [0.29, 0.717) is 23.7 Å². The Bertz CT molecular complexity index is 370. The standard InChI is InChI=1S/C9H11ClFN3O/c10-6-1-2-7(11)8(5-6)13-4-3-9(12)14-15/h1-2,5,13,15H,3-4H2,(H2,12,14). The first-order chi connectivity index (χ1) is 7.13. The average Bonchev–Trinajstić information content (AvgIpc) is 2.23. The van der Waals surface area contributed by atoms with E-state index < -0.39 is 0 Å². The van der Waals surface area contributed by atoms with Crippen LogP contribution in [0.25, 0.3) is 0 Å². The Morgan fingerprint density at radius 2 is 2.33 bits per heavy atom. The lowest BCUT2D eigenvalue weighted by Gasteiger charge is -2.06. The molecule has 15 heavy (non-hydrogen) atoms. The summed E-state index contributed by atoms with van der Waals surface area (Å²) in [5.41, 5.74) is 5.54. The first-order valence-corrected chi connectivity index (χ1v) is 4.66. The quantitative estimate of drug-likeness (QED) is 0.321. The normalized spacial score (nSPS) is 11.5. The Labute approximate surface area is 91.5 Å². The largest absolute Gasteiger partial charge is 0.409 e. The van der Waals surface area contributed by atoms with Crippen molar-refractivity contribution in [2.45, 2.75) is 6.42 Å². The van der Waals surface area contributed by atoms with Gasteiger partial charge in [-0.15, -0.1) is 0 Å². The van der Waals surface area contributed by atoms with Gasteiger partial charge in [-0.25, -0.2) is 4.39 Å². The molecule has 0 bridgehead atoms. The van der Waals surface area contributed by atoms with Crippen molar-refractivity contribution in [2.24, 2.45) is 10.9 Å². The molecule has 0 aromatic heterocycles. The fraction of sp³-hybridized carbons (Fsp3) is 0.222. The van der Waals surface area contributed by atoms with Gasteiger partial charge >= 0.3 is 0 Å². The number of halogens is 2. The van der Waals surface area contributed by atoms with Gasteiger partial charge in [0.1, 0.15) is 11.7 Å². The van der Waals surface area contributed by atoms with Gasteiger partial charge in [-0.1, -0.05) is 16.8 Å². The third kappa shape index (κ3) is 3.63. The van der Waals surface area contributed by atoms with Crippen molar-refractivity contribution in [3.05, 3.63) is 29.0 Å². The predicted octanol–water partition coefficient (Wildman–Crippen LogP) is 2.03. The summed E-state index contributed by atoms with van der Waals surface area (Å²) in [6.07, 6.45) is 0.322. The van der Waals surface area contributed by atoms with Gasteiger partial charge in [0, 0.05) is 18.0 Å². The molecule has 0 aliphatic heterocycles. The van der Waals surface area contributed by atoms with E-state index in [-0.39, 0.29) is 11.7 Å². The fourth-order valence-corrected chi connectivity index (χ4v) is 1.18. The van der Waals surface area contributed by atoms with Crippen molar-refractivity contribution in [3.63, 3.8) is 0 Å². The first-order valence-electron chi connectivity index (χ1n) is 4.29. The molecule has 0 radical (unpaired) electrons. The van der Waals surface area contributed by atoms with Crippen LogP contribution in [-0.2, 0) is 0 Å². The Kier molecular flexibility index (Phi) is 4.17. The van der Waals surface area contributed by atoms with Crippen LogP contribution in [0.3, 0.4) is 0 Å². The van der Waals surface area contributed by atoms with Crippen LogP contribution >= 0.6 is 11.6 Å². The van der Waals surface area contributed by atoms with Crippen LogP contribution in [0, 0.1) is 5.82 Å². The molecule has 0 aliphatic carbocycles. The molecule has 82 valence electrons. The van der Waals surface area contributed by atoms with Gasteiger partial charge in [0.25, 0.3) is 0 Å². The molecule has 0 heterocycles. The Balaban J connectivity index is 2.54. The van der Waals surface area contributed by atoms with Crippen molar-refractivity contribution in [2.75, 3.05) is 11.9 Å². The summed E-state index contributed by atoms with van der Waals surface area (Å²) >= 11 is 5.69. The second-order valence-electron chi connectivity index (χ2n) is 2.89. The zero-order valence-corrected chi connectivity index (χ0v) is 8.63. The van der Waals surface area contributed by atoms with Gasteiger partial charge in [0.15, 0.2) is 0 Å². The number of hydrogen-bond acceptors (Lipinski definition) is 3. The predicted molar refractivity (Wildman–Crippen MR) is 57.9 cm³/mol. The summed E-state index contributed by atoms with van der Waals surface area (Å²) in [4.78, 5) is 0. The van der Waals surface area contributed by atoms with E-state index in [0.717, 1.165) is 0 Å². The molecule has 0 amide bonds. The monoisotopic (exact) mass is 231 g/mol. The number of amidine groups is 1. The molecule has 4 N–H and O–H groups in total. The Hall–Kier alpha value is -1.49.